The van der Waals surface area contributed by atoms with Crippen LogP contribution in [-0.2, 0) is 16.0 Å². The number of primary amides is 1. The SMILES string of the molecule is CC.Cc1cc(C(=O)NC(Cc2ccccc2)C(=O)C(N)=O)n(-c2ncccc2F)n1. The Hall–Kier alpha value is -3.88. The number of pyridine rings is 1. The molecule has 0 saturated carbocycles. The van der Waals surface area contributed by atoms with Gasteiger partial charge in [-0.3, -0.25) is 14.4 Å². The van der Waals surface area contributed by atoms with Gasteiger partial charge in [0.05, 0.1) is 5.69 Å². The third-order valence-corrected chi connectivity index (χ3v) is 4.15. The smallest absolute Gasteiger partial charge is 0.287 e. The van der Waals surface area contributed by atoms with Crippen molar-refractivity contribution in [1.82, 2.24) is 20.1 Å². The molecule has 2 amide bonds. The van der Waals surface area contributed by atoms with Crippen molar-refractivity contribution in [1.29, 1.82) is 0 Å². The summed E-state index contributed by atoms with van der Waals surface area (Å²) in [5, 5.41) is 6.62. The minimum absolute atomic E-state index is 0.0320. The second kappa shape index (κ2) is 10.8. The molecule has 0 bridgehead atoms. The monoisotopic (exact) mass is 425 g/mol. The molecule has 8 nitrogen and oxygen atoms in total. The van der Waals surface area contributed by atoms with Gasteiger partial charge in [0.2, 0.25) is 5.78 Å². The minimum atomic E-state index is -1.18. The van der Waals surface area contributed by atoms with Gasteiger partial charge in [-0.05, 0) is 30.7 Å². The number of benzene rings is 1. The number of amides is 2. The van der Waals surface area contributed by atoms with Crippen molar-refractivity contribution in [3.8, 4) is 5.82 Å². The van der Waals surface area contributed by atoms with Gasteiger partial charge in [0, 0.05) is 12.6 Å². The fourth-order valence-corrected chi connectivity index (χ4v) is 2.82. The molecule has 3 rings (SSSR count). The molecular weight excluding hydrogens is 401 g/mol. The molecule has 9 heteroatoms. The number of carbonyl (C=O) groups excluding carboxylic acids is 3. The van der Waals surface area contributed by atoms with Crippen LogP contribution in [0.3, 0.4) is 0 Å². The first-order chi connectivity index (χ1) is 14.9. The lowest BCUT2D eigenvalue weighted by Crippen LogP contribution is -2.47. The van der Waals surface area contributed by atoms with Gasteiger partial charge in [0.1, 0.15) is 11.7 Å². The van der Waals surface area contributed by atoms with Crippen molar-refractivity contribution >= 4 is 17.6 Å². The maximum absolute atomic E-state index is 14.1. The highest BCUT2D eigenvalue weighted by molar-refractivity contribution is 6.38. The lowest BCUT2D eigenvalue weighted by molar-refractivity contribution is -0.137. The number of rotatable bonds is 7. The predicted molar refractivity (Wildman–Crippen MR) is 113 cm³/mol. The number of nitrogens with one attached hydrogen (secondary N) is 1. The average molecular weight is 425 g/mol. The van der Waals surface area contributed by atoms with Gasteiger partial charge in [-0.25, -0.2) is 14.1 Å². The molecule has 2 aromatic heterocycles. The molecule has 0 saturated heterocycles. The first-order valence-corrected chi connectivity index (χ1v) is 9.73. The van der Waals surface area contributed by atoms with Crippen LogP contribution in [0.4, 0.5) is 4.39 Å². The highest BCUT2D eigenvalue weighted by atomic mass is 19.1. The van der Waals surface area contributed by atoms with E-state index in [2.05, 4.69) is 15.4 Å². The third kappa shape index (κ3) is 5.81. The Labute approximate surface area is 179 Å². The Morgan fingerprint density at radius 1 is 1.13 bits per heavy atom. The van der Waals surface area contributed by atoms with Crippen molar-refractivity contribution in [2.45, 2.75) is 33.2 Å². The van der Waals surface area contributed by atoms with E-state index in [1.54, 1.807) is 37.3 Å². The molecule has 31 heavy (non-hydrogen) atoms. The molecule has 0 radical (unpaired) electrons. The maximum Gasteiger partial charge on any atom is 0.287 e. The molecule has 2 heterocycles. The van der Waals surface area contributed by atoms with E-state index in [4.69, 9.17) is 5.73 Å². The van der Waals surface area contributed by atoms with E-state index >= 15 is 0 Å². The van der Waals surface area contributed by atoms with E-state index in [-0.39, 0.29) is 17.9 Å². The number of aromatic nitrogens is 3. The zero-order valence-corrected chi connectivity index (χ0v) is 17.5. The van der Waals surface area contributed by atoms with Gasteiger partial charge in [0.15, 0.2) is 11.6 Å². The zero-order valence-electron chi connectivity index (χ0n) is 17.5. The van der Waals surface area contributed by atoms with Crippen LogP contribution in [-0.4, -0.2) is 38.4 Å². The van der Waals surface area contributed by atoms with E-state index in [9.17, 15) is 18.8 Å². The van der Waals surface area contributed by atoms with E-state index in [1.165, 1.54) is 24.4 Å². The second-order valence-corrected chi connectivity index (χ2v) is 6.34. The molecule has 0 aliphatic carbocycles. The van der Waals surface area contributed by atoms with Gasteiger partial charge in [-0.2, -0.15) is 5.10 Å². The van der Waals surface area contributed by atoms with Crippen LogP contribution in [0.5, 0.6) is 0 Å². The van der Waals surface area contributed by atoms with Gasteiger partial charge in [-0.1, -0.05) is 44.2 Å². The number of carbonyl (C=O) groups is 3. The summed E-state index contributed by atoms with van der Waals surface area (Å²) >= 11 is 0. The largest absolute Gasteiger partial charge is 0.363 e. The normalized spacial score (nSPS) is 11.1. The molecule has 0 spiro atoms. The number of Topliss-reactive ketones (excluding diaryl/α,β-unsaturated/α-hetero) is 1. The zero-order chi connectivity index (χ0) is 23.0. The van der Waals surface area contributed by atoms with E-state index in [1.807, 2.05) is 13.8 Å². The number of hydrogen-bond donors (Lipinski definition) is 2. The number of halogens is 1. The highest BCUT2D eigenvalue weighted by Gasteiger charge is 2.28. The van der Waals surface area contributed by atoms with Crippen LogP contribution in [0.2, 0.25) is 0 Å². The molecule has 1 aromatic carbocycles. The predicted octanol–water partition coefficient (Wildman–Crippen LogP) is 2.14. The number of ketones is 1. The lowest BCUT2D eigenvalue weighted by atomic mass is 10.0. The van der Waals surface area contributed by atoms with Crippen LogP contribution in [0.25, 0.3) is 5.82 Å². The molecule has 1 unspecified atom stereocenters. The quantitative estimate of drug-likeness (QED) is 0.562. The Kier molecular flexibility index (Phi) is 8.13. The first-order valence-electron chi connectivity index (χ1n) is 9.73. The van der Waals surface area contributed by atoms with Gasteiger partial charge >= 0.3 is 0 Å². The molecule has 0 aliphatic heterocycles. The van der Waals surface area contributed by atoms with Crippen LogP contribution in [0.1, 0.15) is 35.6 Å². The summed E-state index contributed by atoms with van der Waals surface area (Å²) in [7, 11) is 0. The van der Waals surface area contributed by atoms with Crippen LogP contribution in [0.15, 0.2) is 54.7 Å². The summed E-state index contributed by atoms with van der Waals surface area (Å²) in [5.41, 5.74) is 6.28. The molecule has 162 valence electrons. The summed E-state index contributed by atoms with van der Waals surface area (Å²) in [6.07, 6.45) is 1.44. The lowest BCUT2D eigenvalue weighted by Gasteiger charge is -2.17. The number of nitrogens with zero attached hydrogens (tertiary/aromatic N) is 3. The van der Waals surface area contributed by atoms with Crippen molar-refractivity contribution < 1.29 is 18.8 Å². The molecular formula is C22H24FN5O3. The molecule has 0 aliphatic rings. The molecule has 3 aromatic rings. The minimum Gasteiger partial charge on any atom is -0.363 e. The number of nitrogens with two attached hydrogens (primary N) is 1. The Balaban J connectivity index is 0.00000166. The standard InChI is InChI=1S/C20H18FN5O3.C2H6/c1-12-10-16(26(25-12)19-14(21)8-5-9-23-19)20(29)24-15(17(27)18(22)28)11-13-6-3-2-4-7-13;1-2/h2-10,15H,11H2,1H3,(H2,22,28)(H,24,29);1-2H3. The average Bonchev–Trinajstić information content (AvgIpc) is 3.16. The second-order valence-electron chi connectivity index (χ2n) is 6.34. The fraction of sp³-hybridized carbons (Fsp3) is 0.227. The Morgan fingerprint density at radius 3 is 2.42 bits per heavy atom. The summed E-state index contributed by atoms with van der Waals surface area (Å²) < 4.78 is 15.2. The summed E-state index contributed by atoms with van der Waals surface area (Å²) in [4.78, 5) is 40.5. The van der Waals surface area contributed by atoms with E-state index in [0.29, 0.717) is 5.69 Å². The van der Waals surface area contributed by atoms with Crippen molar-refractivity contribution in [3.05, 3.63) is 77.5 Å². The Morgan fingerprint density at radius 2 is 1.81 bits per heavy atom. The van der Waals surface area contributed by atoms with Gasteiger partial charge in [0.25, 0.3) is 11.8 Å². The summed E-state index contributed by atoms with van der Waals surface area (Å²) in [5.74, 6) is -3.64. The maximum atomic E-state index is 14.1. The van der Waals surface area contributed by atoms with Crippen molar-refractivity contribution in [2.24, 2.45) is 5.73 Å². The topological polar surface area (TPSA) is 120 Å². The molecule has 0 fully saturated rings. The van der Waals surface area contributed by atoms with Crippen LogP contribution in [0, 0.1) is 12.7 Å². The molecule has 3 N–H and O–H groups in total. The van der Waals surface area contributed by atoms with Gasteiger partial charge < -0.3 is 11.1 Å². The van der Waals surface area contributed by atoms with Gasteiger partial charge in [-0.15, -0.1) is 0 Å². The van der Waals surface area contributed by atoms with Crippen molar-refractivity contribution in [3.63, 3.8) is 0 Å². The van der Waals surface area contributed by atoms with E-state index in [0.717, 1.165) is 10.2 Å². The highest BCUT2D eigenvalue weighted by Crippen LogP contribution is 2.14. The first kappa shape index (κ1) is 23.4. The Bertz CT molecular complexity index is 1070. The van der Waals surface area contributed by atoms with Crippen LogP contribution < -0.4 is 11.1 Å². The van der Waals surface area contributed by atoms with Crippen molar-refractivity contribution in [2.75, 3.05) is 0 Å². The number of hydrogen-bond acceptors (Lipinski definition) is 5. The molecule has 1 atom stereocenters. The third-order valence-electron chi connectivity index (χ3n) is 4.15. The van der Waals surface area contributed by atoms with Crippen LogP contribution >= 0.6 is 0 Å². The number of aryl methyl sites for hydroxylation is 1. The van der Waals surface area contributed by atoms with E-state index < -0.39 is 29.5 Å². The summed E-state index contributed by atoms with van der Waals surface area (Å²) in [6, 6.07) is 11.7. The fourth-order valence-electron chi connectivity index (χ4n) is 2.82. The summed E-state index contributed by atoms with van der Waals surface area (Å²) in [6.45, 7) is 5.63.